The summed E-state index contributed by atoms with van der Waals surface area (Å²) in [7, 11) is 0. The van der Waals surface area contributed by atoms with Crippen LogP contribution in [0.25, 0.3) is 16.4 Å². The molecule has 0 fully saturated rings. The van der Waals surface area contributed by atoms with Crippen LogP contribution >= 0.6 is 11.6 Å². The normalized spacial score (nSPS) is 11.0. The second-order valence-electron chi connectivity index (χ2n) is 6.08. The molecule has 4 aromatic rings. The summed E-state index contributed by atoms with van der Waals surface area (Å²) in [4.78, 5) is 39.5. The van der Waals surface area contributed by atoms with Gasteiger partial charge in [-0.2, -0.15) is 9.61 Å². The van der Waals surface area contributed by atoms with Crippen molar-refractivity contribution in [3.8, 4) is 0 Å². The zero-order valence-electron chi connectivity index (χ0n) is 14.3. The molecule has 4 rings (SSSR count). The molecule has 2 aromatic heterocycles. The lowest BCUT2D eigenvalue weighted by Gasteiger charge is -2.04. The van der Waals surface area contributed by atoms with Crippen molar-refractivity contribution in [1.82, 2.24) is 19.9 Å². The van der Waals surface area contributed by atoms with Gasteiger partial charge in [0.05, 0.1) is 11.0 Å². The van der Waals surface area contributed by atoms with E-state index >= 15 is 0 Å². The Labute approximate surface area is 162 Å². The highest BCUT2D eigenvalue weighted by Gasteiger charge is 2.27. The molecule has 0 aliphatic carbocycles. The van der Waals surface area contributed by atoms with Gasteiger partial charge in [0.1, 0.15) is 5.56 Å². The Morgan fingerprint density at radius 2 is 1.93 bits per heavy atom. The molecule has 0 saturated heterocycles. The number of carboxylic acids is 1. The van der Waals surface area contributed by atoms with E-state index in [1.165, 1.54) is 6.07 Å². The van der Waals surface area contributed by atoms with Crippen LogP contribution in [0.4, 0.5) is 0 Å². The third-order valence-electron chi connectivity index (χ3n) is 4.28. The van der Waals surface area contributed by atoms with Crippen LogP contribution in [0.1, 0.15) is 26.4 Å². The van der Waals surface area contributed by atoms with E-state index in [2.05, 4.69) is 15.4 Å². The Bertz CT molecular complexity index is 1290. The lowest BCUT2D eigenvalue weighted by molar-refractivity contribution is 0.0693. The van der Waals surface area contributed by atoms with E-state index in [1.54, 1.807) is 12.1 Å². The summed E-state index contributed by atoms with van der Waals surface area (Å²) in [6.07, 6.45) is 0. The molecule has 1 amide bonds. The lowest BCUT2D eigenvalue weighted by atomic mass is 10.1. The van der Waals surface area contributed by atoms with Crippen LogP contribution in [-0.2, 0) is 6.54 Å². The Balaban J connectivity index is 1.87. The van der Waals surface area contributed by atoms with Crippen molar-refractivity contribution in [2.75, 3.05) is 0 Å². The number of halogens is 1. The number of H-pyrrole nitrogens is 1. The quantitative estimate of drug-likeness (QED) is 0.490. The molecule has 9 heteroatoms. The maximum absolute atomic E-state index is 12.6. The van der Waals surface area contributed by atoms with Gasteiger partial charge >= 0.3 is 11.7 Å². The van der Waals surface area contributed by atoms with Gasteiger partial charge in [-0.1, -0.05) is 41.9 Å². The molecule has 0 atom stereocenters. The number of benzene rings is 2. The third kappa shape index (κ3) is 2.99. The average molecular weight is 397 g/mol. The minimum atomic E-state index is -1.36. The number of amides is 1. The fourth-order valence-corrected chi connectivity index (χ4v) is 3.20. The molecular weight excluding hydrogens is 384 g/mol. The van der Waals surface area contributed by atoms with Crippen molar-refractivity contribution in [1.29, 1.82) is 0 Å². The summed E-state index contributed by atoms with van der Waals surface area (Å²) in [5, 5.41) is 17.1. The predicted octanol–water partition coefficient (Wildman–Crippen LogP) is 2.46. The van der Waals surface area contributed by atoms with Crippen LogP contribution in [0.15, 0.2) is 53.3 Å². The molecule has 28 heavy (non-hydrogen) atoms. The molecule has 0 bridgehead atoms. The Morgan fingerprint density at radius 1 is 1.18 bits per heavy atom. The molecular formula is C19H13ClN4O4. The van der Waals surface area contributed by atoms with Crippen LogP contribution < -0.4 is 11.0 Å². The smallest absolute Gasteiger partial charge is 0.347 e. The molecule has 0 aliphatic rings. The van der Waals surface area contributed by atoms with E-state index in [4.69, 9.17) is 11.6 Å². The van der Waals surface area contributed by atoms with Gasteiger partial charge in [0.2, 0.25) is 0 Å². The third-order valence-corrected chi connectivity index (χ3v) is 4.52. The first-order chi connectivity index (χ1) is 13.5. The van der Waals surface area contributed by atoms with Gasteiger partial charge in [-0.3, -0.25) is 4.79 Å². The topological polar surface area (TPSA) is 117 Å². The maximum atomic E-state index is 12.6. The van der Waals surface area contributed by atoms with Gasteiger partial charge < -0.3 is 15.4 Å². The number of aromatic amines is 1. The number of hydrogen-bond donors (Lipinski definition) is 3. The van der Waals surface area contributed by atoms with Crippen LogP contribution in [0, 0.1) is 0 Å². The lowest BCUT2D eigenvalue weighted by Crippen LogP contribution is -2.25. The van der Waals surface area contributed by atoms with E-state index in [0.717, 1.165) is 10.1 Å². The maximum Gasteiger partial charge on any atom is 0.347 e. The highest BCUT2D eigenvalue weighted by Crippen LogP contribution is 2.25. The summed E-state index contributed by atoms with van der Waals surface area (Å²) in [5.41, 5.74) is -0.124. The van der Waals surface area contributed by atoms with E-state index in [9.17, 15) is 19.5 Å². The molecule has 0 spiro atoms. The minimum Gasteiger partial charge on any atom is -0.478 e. The molecule has 0 unspecified atom stereocenters. The molecule has 2 heterocycles. The number of aromatic carboxylic acids is 1. The molecule has 140 valence electrons. The molecule has 2 aromatic carbocycles. The summed E-state index contributed by atoms with van der Waals surface area (Å²) in [6, 6.07) is 13.8. The van der Waals surface area contributed by atoms with Crippen molar-refractivity contribution < 1.29 is 14.7 Å². The van der Waals surface area contributed by atoms with Crippen LogP contribution in [0.2, 0.25) is 5.02 Å². The van der Waals surface area contributed by atoms with Crippen LogP contribution in [0.5, 0.6) is 0 Å². The van der Waals surface area contributed by atoms with Gasteiger partial charge in [-0.05, 0) is 23.8 Å². The van der Waals surface area contributed by atoms with Gasteiger partial charge in [-0.25, -0.2) is 9.59 Å². The van der Waals surface area contributed by atoms with Gasteiger partial charge in [-0.15, -0.1) is 0 Å². The standard InChI is InChI=1S/C19H13ClN4O4/c20-11-6-7-12-13(8-11)22-19(28)24-16(12)14(18(26)27)15(23-24)17(25)21-9-10-4-2-1-3-5-10/h1-8H,9H2,(H,21,25)(H,22,28)(H,26,27). The van der Waals surface area contributed by atoms with Gasteiger partial charge in [0.15, 0.2) is 5.69 Å². The number of rotatable bonds is 4. The highest BCUT2D eigenvalue weighted by molar-refractivity contribution is 6.31. The van der Waals surface area contributed by atoms with Gasteiger partial charge in [0, 0.05) is 17.0 Å². The van der Waals surface area contributed by atoms with E-state index in [-0.39, 0.29) is 23.3 Å². The molecule has 3 N–H and O–H groups in total. The SMILES string of the molecule is O=C(NCc1ccccc1)c1nn2c(=O)[nH]c3cc(Cl)ccc3c2c1C(=O)O. The van der Waals surface area contributed by atoms with Crippen molar-refractivity contribution in [3.63, 3.8) is 0 Å². The van der Waals surface area contributed by atoms with Crippen molar-refractivity contribution in [2.45, 2.75) is 6.54 Å². The van der Waals surface area contributed by atoms with E-state index in [0.29, 0.717) is 15.9 Å². The number of aromatic nitrogens is 3. The minimum absolute atomic E-state index is 0.0350. The number of hydrogen-bond acceptors (Lipinski definition) is 4. The van der Waals surface area contributed by atoms with Crippen LogP contribution in [-0.4, -0.2) is 31.6 Å². The zero-order chi connectivity index (χ0) is 19.8. The Kier molecular flexibility index (Phi) is 4.32. The first-order valence-corrected chi connectivity index (χ1v) is 8.63. The second kappa shape index (κ2) is 6.82. The second-order valence-corrected chi connectivity index (χ2v) is 6.51. The number of fused-ring (bicyclic) bond motifs is 3. The van der Waals surface area contributed by atoms with Crippen molar-refractivity contribution in [2.24, 2.45) is 0 Å². The number of carbonyl (C=O) groups is 2. The number of nitrogens with zero attached hydrogens (tertiary/aromatic N) is 2. The van der Waals surface area contributed by atoms with Crippen molar-refractivity contribution in [3.05, 3.63) is 80.9 Å². The Morgan fingerprint density at radius 3 is 2.64 bits per heavy atom. The summed E-state index contributed by atoms with van der Waals surface area (Å²) < 4.78 is 0.886. The molecule has 8 nitrogen and oxygen atoms in total. The number of nitrogens with one attached hydrogen (secondary N) is 2. The summed E-state index contributed by atoms with van der Waals surface area (Å²) in [6.45, 7) is 0.194. The summed E-state index contributed by atoms with van der Waals surface area (Å²) >= 11 is 5.95. The van der Waals surface area contributed by atoms with E-state index < -0.39 is 17.6 Å². The predicted molar refractivity (Wildman–Crippen MR) is 103 cm³/mol. The molecule has 0 radical (unpaired) electrons. The monoisotopic (exact) mass is 396 g/mol. The fraction of sp³-hybridized carbons (Fsp3) is 0.0526. The van der Waals surface area contributed by atoms with E-state index in [1.807, 2.05) is 30.3 Å². The first kappa shape index (κ1) is 17.7. The largest absolute Gasteiger partial charge is 0.478 e. The summed E-state index contributed by atoms with van der Waals surface area (Å²) in [5.74, 6) is -2.05. The number of carboxylic acid groups (broad SMARTS) is 1. The zero-order valence-corrected chi connectivity index (χ0v) is 15.0. The fourth-order valence-electron chi connectivity index (χ4n) is 3.03. The molecule has 0 saturated carbocycles. The number of carbonyl (C=O) groups excluding carboxylic acids is 1. The first-order valence-electron chi connectivity index (χ1n) is 8.25. The average Bonchev–Trinajstić information content (AvgIpc) is 3.08. The van der Waals surface area contributed by atoms with Gasteiger partial charge in [0.25, 0.3) is 5.91 Å². The van der Waals surface area contributed by atoms with Crippen LogP contribution in [0.3, 0.4) is 0 Å². The highest BCUT2D eigenvalue weighted by atomic mass is 35.5. The van der Waals surface area contributed by atoms with Crippen molar-refractivity contribution >= 4 is 39.9 Å². The Hall–Kier alpha value is -3.65. The molecule has 0 aliphatic heterocycles.